The van der Waals surface area contributed by atoms with E-state index in [1.54, 1.807) is 12.1 Å². The van der Waals surface area contributed by atoms with Crippen molar-refractivity contribution in [2.24, 2.45) is 0 Å². The van der Waals surface area contributed by atoms with Gasteiger partial charge in [0, 0.05) is 0 Å². The summed E-state index contributed by atoms with van der Waals surface area (Å²) in [6.07, 6.45) is 0.304. The summed E-state index contributed by atoms with van der Waals surface area (Å²) in [6.45, 7) is -2.29. The molecule has 3 rings (SSSR count). The molecule has 242 valence electrons. The number of carboxylic acids is 1. The zero-order valence-corrected chi connectivity index (χ0v) is 28.4. The molecule has 0 saturated carbocycles. The second-order valence-corrected chi connectivity index (χ2v) is 14.0. The van der Waals surface area contributed by atoms with Gasteiger partial charge in [-0.25, -0.2) is 17.8 Å². The fraction of sp³-hybridized carbons (Fsp3) is 0.238. The predicted octanol–water partition coefficient (Wildman–Crippen LogP) is 4.00. The number of aryl methyl sites for hydroxylation is 1. The van der Waals surface area contributed by atoms with E-state index in [2.05, 4.69) is 47.0 Å². The van der Waals surface area contributed by atoms with Crippen LogP contribution in [0.2, 0.25) is 10.0 Å². The second-order valence-electron chi connectivity index (χ2n) is 8.09. The maximum atomic E-state index is 12.8. The van der Waals surface area contributed by atoms with Gasteiger partial charge in [0.1, 0.15) is 11.6 Å². The Morgan fingerprint density at radius 2 is 1.73 bits per heavy atom. The molecule has 23 heteroatoms. The number of carboxylic acid groups (broad SMARTS) is 1. The fourth-order valence-corrected chi connectivity index (χ4v) is 5.50. The zero-order valence-electron chi connectivity index (χ0n) is 22.0. The third kappa shape index (κ3) is 12.8. The molecule has 6 N–H and O–H groups in total. The van der Waals surface area contributed by atoms with E-state index in [0.717, 1.165) is 12.3 Å². The topological polar surface area (TPSA) is 237 Å². The van der Waals surface area contributed by atoms with E-state index >= 15 is 0 Å². The number of aromatic nitrogens is 3. The summed E-state index contributed by atoms with van der Waals surface area (Å²) in [5, 5.41) is 31.4. The van der Waals surface area contributed by atoms with Gasteiger partial charge < -0.3 is 20.0 Å². The van der Waals surface area contributed by atoms with Crippen LogP contribution in [0.3, 0.4) is 0 Å². The molecule has 0 unspecified atom stereocenters. The number of nitrogens with one attached hydrogen (secondary N) is 2. The second kappa shape index (κ2) is 16.6. The van der Waals surface area contributed by atoms with Crippen LogP contribution in [0.1, 0.15) is 17.9 Å². The molecule has 0 fully saturated rings. The SMILES string of the molecule is Cc1nn(-c2cc(NS(C)(=O)=O)c(Cl)cc2Cl)c(=O)n1C(F)F.N#Cc1cc(Br)c(O)c(Br)c1.O=C(O)CNCP(=O)(O)O. The minimum absolute atomic E-state index is 0.0257. The van der Waals surface area contributed by atoms with E-state index in [4.69, 9.17) is 43.4 Å². The minimum Gasteiger partial charge on any atom is -0.506 e. The maximum Gasteiger partial charge on any atom is 0.355 e. The molecule has 0 bridgehead atoms. The van der Waals surface area contributed by atoms with Gasteiger partial charge in [0.15, 0.2) is 0 Å². The third-order valence-corrected chi connectivity index (χ3v) is 7.53. The molecule has 0 spiro atoms. The summed E-state index contributed by atoms with van der Waals surface area (Å²) < 4.78 is 62.4. The van der Waals surface area contributed by atoms with Crippen molar-refractivity contribution in [3.8, 4) is 17.5 Å². The van der Waals surface area contributed by atoms with Crippen molar-refractivity contribution in [3.05, 3.63) is 65.1 Å². The van der Waals surface area contributed by atoms with Crippen molar-refractivity contribution in [2.75, 3.05) is 23.8 Å². The van der Waals surface area contributed by atoms with E-state index < -0.39 is 48.7 Å². The van der Waals surface area contributed by atoms with Crippen molar-refractivity contribution in [2.45, 2.75) is 13.5 Å². The Hall–Kier alpha value is -2.60. The van der Waals surface area contributed by atoms with Gasteiger partial charge >= 0.3 is 25.8 Å². The molecule has 44 heavy (non-hydrogen) atoms. The molecule has 3 aromatic rings. The van der Waals surface area contributed by atoms with Crippen LogP contribution < -0.4 is 15.7 Å². The van der Waals surface area contributed by atoms with Gasteiger partial charge in [-0.15, -0.1) is 5.10 Å². The number of sulfonamides is 1. The van der Waals surface area contributed by atoms with Gasteiger partial charge in [-0.2, -0.15) is 18.7 Å². The van der Waals surface area contributed by atoms with E-state index in [0.29, 0.717) is 19.2 Å². The fourth-order valence-electron chi connectivity index (χ4n) is 2.77. The molecule has 0 radical (unpaired) electrons. The average molecular weight is 833 g/mol. The van der Waals surface area contributed by atoms with Crippen molar-refractivity contribution in [1.29, 1.82) is 5.26 Å². The number of phenols is 1. The number of carbonyl (C=O) groups is 1. The molecule has 1 heterocycles. The number of hydrogen-bond donors (Lipinski definition) is 6. The van der Waals surface area contributed by atoms with Crippen molar-refractivity contribution >= 4 is 84.3 Å². The van der Waals surface area contributed by atoms with E-state index in [9.17, 15) is 36.5 Å². The highest BCUT2D eigenvalue weighted by atomic mass is 79.9. The first-order chi connectivity index (χ1) is 20.1. The Morgan fingerprint density at radius 3 is 2.14 bits per heavy atom. The van der Waals surface area contributed by atoms with Crippen LogP contribution in [-0.4, -0.2) is 67.8 Å². The summed E-state index contributed by atoms with van der Waals surface area (Å²) >= 11 is 18.1. The van der Waals surface area contributed by atoms with Crippen LogP contribution in [0.25, 0.3) is 5.69 Å². The number of hydrogen-bond acceptors (Lipinski definition) is 9. The predicted molar refractivity (Wildman–Crippen MR) is 163 cm³/mol. The molecule has 0 aliphatic heterocycles. The molecule has 0 saturated heterocycles. The third-order valence-electron chi connectivity index (χ3n) is 4.48. The first kappa shape index (κ1) is 39.4. The molecule has 0 aliphatic rings. The number of aromatic hydroxyl groups is 1. The Balaban J connectivity index is 0.000000383. The number of alkyl halides is 2. The highest BCUT2D eigenvalue weighted by Crippen LogP contribution is 2.33. The Labute approximate surface area is 274 Å². The van der Waals surface area contributed by atoms with Crippen LogP contribution in [0.5, 0.6) is 5.75 Å². The van der Waals surface area contributed by atoms with Crippen molar-refractivity contribution in [3.63, 3.8) is 0 Å². The van der Waals surface area contributed by atoms with E-state index in [-0.39, 0.29) is 37.6 Å². The number of benzene rings is 2. The summed E-state index contributed by atoms with van der Waals surface area (Å²) in [7, 11) is -7.74. The molecule has 2 aromatic carbocycles. The number of aliphatic carboxylic acids is 1. The smallest absolute Gasteiger partial charge is 0.355 e. The summed E-state index contributed by atoms with van der Waals surface area (Å²) in [4.78, 5) is 38.2. The van der Waals surface area contributed by atoms with Crippen molar-refractivity contribution in [1.82, 2.24) is 19.7 Å². The zero-order chi connectivity index (χ0) is 34.2. The van der Waals surface area contributed by atoms with Crippen LogP contribution in [0, 0.1) is 18.3 Å². The standard InChI is InChI=1S/C11H10Cl2F2N4O3S.C7H3Br2NO.C3H8NO5P/c1-5-16-19(11(20)18(5)10(14)15)9-4-8(17-23(2,21)22)6(12)3-7(9)13;8-5-1-4(3-10)2-6(9)7(5)11;5-3(6)1-4-2-10(7,8)9/h3-4,10,17H,1-2H3;1-2,11H;4H,1-2H2,(H,5,6)(H2,7,8,9). The molecule has 0 atom stereocenters. The summed E-state index contributed by atoms with van der Waals surface area (Å²) in [6, 6.07) is 7.39. The number of nitrogens with zero attached hydrogens (tertiary/aromatic N) is 4. The maximum absolute atomic E-state index is 12.8. The van der Waals surface area contributed by atoms with E-state index in [1.165, 1.54) is 13.0 Å². The Morgan fingerprint density at radius 1 is 1.18 bits per heavy atom. The monoisotopic (exact) mass is 830 g/mol. The van der Waals surface area contributed by atoms with Crippen LogP contribution in [0.15, 0.2) is 38.0 Å². The van der Waals surface area contributed by atoms with Crippen molar-refractivity contribution < 1.29 is 46.6 Å². The summed E-state index contributed by atoms with van der Waals surface area (Å²) in [5.41, 5.74) is -0.770. The number of halogens is 6. The van der Waals surface area contributed by atoms with Gasteiger partial charge in [-0.05, 0) is 63.0 Å². The molecule has 0 amide bonds. The largest absolute Gasteiger partial charge is 0.506 e. The van der Waals surface area contributed by atoms with Gasteiger partial charge in [0.25, 0.3) is 0 Å². The first-order valence-corrected chi connectivity index (χ1v) is 17.1. The number of rotatable bonds is 8. The Bertz CT molecular complexity index is 1760. The summed E-state index contributed by atoms with van der Waals surface area (Å²) in [5.74, 6) is -1.26. The van der Waals surface area contributed by atoms with Crippen LogP contribution >= 0.6 is 62.7 Å². The number of phenolic OH excluding ortho intramolecular Hbond substituents is 1. The Kier molecular flexibility index (Phi) is 14.9. The lowest BCUT2D eigenvalue weighted by Crippen LogP contribution is -2.25. The normalized spacial score (nSPS) is 11.1. The lowest BCUT2D eigenvalue weighted by molar-refractivity contribution is -0.135. The van der Waals surface area contributed by atoms with Gasteiger partial charge in [-0.1, -0.05) is 23.2 Å². The highest BCUT2D eigenvalue weighted by molar-refractivity contribution is 9.11. The molecule has 0 aliphatic carbocycles. The average Bonchev–Trinajstić information content (AvgIpc) is 3.16. The molecule has 15 nitrogen and oxygen atoms in total. The number of anilines is 1. The van der Waals surface area contributed by atoms with Gasteiger partial charge in [0.05, 0.1) is 61.1 Å². The van der Waals surface area contributed by atoms with Crippen LogP contribution in [-0.2, 0) is 19.4 Å². The van der Waals surface area contributed by atoms with Gasteiger partial charge in [0.2, 0.25) is 10.0 Å². The quantitative estimate of drug-likeness (QED) is 0.177. The number of nitriles is 1. The highest BCUT2D eigenvalue weighted by Gasteiger charge is 2.21. The minimum atomic E-state index is -4.10. The molecule has 1 aromatic heterocycles. The van der Waals surface area contributed by atoms with E-state index in [1.807, 2.05) is 6.07 Å². The lowest BCUT2D eigenvalue weighted by Gasteiger charge is -2.10. The molecular weight excluding hydrogens is 812 g/mol. The first-order valence-electron chi connectivity index (χ1n) is 11.1. The van der Waals surface area contributed by atoms with Crippen LogP contribution in [0.4, 0.5) is 14.5 Å². The van der Waals surface area contributed by atoms with Gasteiger partial charge in [-0.3, -0.25) is 19.4 Å². The lowest BCUT2D eigenvalue weighted by atomic mass is 10.2. The molecular formula is C21H21Br2Cl2F2N6O9PS.